The van der Waals surface area contributed by atoms with E-state index >= 15 is 0 Å². The van der Waals surface area contributed by atoms with Gasteiger partial charge in [-0.25, -0.2) is 0 Å². The van der Waals surface area contributed by atoms with Gasteiger partial charge in [-0.3, -0.25) is 14.4 Å². The molecule has 0 aliphatic carbocycles. The van der Waals surface area contributed by atoms with Gasteiger partial charge in [0.15, 0.2) is 0 Å². The van der Waals surface area contributed by atoms with Crippen molar-refractivity contribution in [2.75, 3.05) is 7.11 Å². The molecular weight excluding hydrogens is 284 g/mol. The molecule has 0 bridgehead atoms. The molecule has 5 nitrogen and oxygen atoms in total. The van der Waals surface area contributed by atoms with Crippen LogP contribution < -0.4 is 0 Å². The van der Waals surface area contributed by atoms with E-state index in [4.69, 9.17) is 4.74 Å². The molecule has 0 aromatic heterocycles. The van der Waals surface area contributed by atoms with Crippen molar-refractivity contribution < 1.29 is 23.9 Å². The van der Waals surface area contributed by atoms with Gasteiger partial charge in [0.05, 0.1) is 13.0 Å². The van der Waals surface area contributed by atoms with Crippen molar-refractivity contribution in [3.8, 4) is 0 Å². The lowest BCUT2D eigenvalue weighted by Gasteiger charge is -2.22. The number of esters is 2. The Bertz CT molecular complexity index is 381. The zero-order valence-electron chi connectivity index (χ0n) is 14.7. The molecule has 0 saturated heterocycles. The maximum absolute atomic E-state index is 12.0. The summed E-state index contributed by atoms with van der Waals surface area (Å²) in [4.78, 5) is 34.9. The number of unbranched alkanes of at least 4 members (excludes halogenated alkanes) is 2. The Labute approximate surface area is 133 Å². The molecule has 0 saturated carbocycles. The third-order valence-corrected chi connectivity index (χ3v) is 3.42. The molecule has 0 aromatic rings. The number of ketones is 1. The van der Waals surface area contributed by atoms with Gasteiger partial charge in [0.1, 0.15) is 17.3 Å². The summed E-state index contributed by atoms with van der Waals surface area (Å²) < 4.78 is 9.95. The fraction of sp³-hybridized carbons (Fsp3) is 0.824. The third-order valence-electron chi connectivity index (χ3n) is 3.42. The van der Waals surface area contributed by atoms with Crippen molar-refractivity contribution >= 4 is 17.7 Å². The van der Waals surface area contributed by atoms with E-state index in [0.29, 0.717) is 6.42 Å². The fourth-order valence-electron chi connectivity index (χ4n) is 2.15. The lowest BCUT2D eigenvalue weighted by molar-refractivity contribution is -0.162. The minimum Gasteiger partial charge on any atom is -0.469 e. The van der Waals surface area contributed by atoms with E-state index in [0.717, 1.165) is 25.7 Å². The smallest absolute Gasteiger partial charge is 0.316 e. The second-order valence-electron chi connectivity index (χ2n) is 6.76. The summed E-state index contributed by atoms with van der Waals surface area (Å²) in [6, 6.07) is 0. The number of rotatable bonds is 9. The van der Waals surface area contributed by atoms with Crippen LogP contribution in [0.4, 0.5) is 0 Å². The Hall–Kier alpha value is -1.39. The van der Waals surface area contributed by atoms with Crippen molar-refractivity contribution in [2.24, 2.45) is 11.8 Å². The Morgan fingerprint density at radius 1 is 0.955 bits per heavy atom. The summed E-state index contributed by atoms with van der Waals surface area (Å²) in [5.41, 5.74) is -0.583. The van der Waals surface area contributed by atoms with Crippen molar-refractivity contribution in [1.82, 2.24) is 0 Å². The monoisotopic (exact) mass is 314 g/mol. The molecule has 2 unspecified atom stereocenters. The summed E-state index contributed by atoms with van der Waals surface area (Å²) in [6.45, 7) is 8.63. The van der Waals surface area contributed by atoms with E-state index in [1.807, 2.05) is 6.92 Å². The fourth-order valence-corrected chi connectivity index (χ4v) is 2.15. The van der Waals surface area contributed by atoms with Crippen LogP contribution in [0, 0.1) is 11.8 Å². The number of hydrogen-bond acceptors (Lipinski definition) is 5. The molecule has 0 radical (unpaired) electrons. The quantitative estimate of drug-likeness (QED) is 0.371. The Balaban J connectivity index is 4.15. The van der Waals surface area contributed by atoms with Gasteiger partial charge in [-0.15, -0.1) is 0 Å². The zero-order valence-corrected chi connectivity index (χ0v) is 14.7. The highest BCUT2D eigenvalue weighted by Gasteiger charge is 2.28. The SMILES string of the molecule is COC(=O)C(C)CCCCCC(C(C)=O)C(=O)OC(C)(C)C. The standard InChI is InChI=1S/C17H30O5/c1-12(15(19)21-6)10-8-7-9-11-14(13(2)18)16(20)22-17(3,4)5/h12,14H,7-11H2,1-6H3. The maximum Gasteiger partial charge on any atom is 0.316 e. The van der Waals surface area contributed by atoms with E-state index in [1.54, 1.807) is 20.8 Å². The van der Waals surface area contributed by atoms with Crippen LogP contribution in [-0.4, -0.2) is 30.4 Å². The van der Waals surface area contributed by atoms with Crippen LogP contribution >= 0.6 is 0 Å². The van der Waals surface area contributed by atoms with Crippen LogP contribution in [0.3, 0.4) is 0 Å². The van der Waals surface area contributed by atoms with Crippen molar-refractivity contribution in [3.63, 3.8) is 0 Å². The molecule has 22 heavy (non-hydrogen) atoms. The van der Waals surface area contributed by atoms with Crippen molar-refractivity contribution in [2.45, 2.75) is 72.3 Å². The average molecular weight is 314 g/mol. The Kier molecular flexibility index (Phi) is 8.99. The van der Waals surface area contributed by atoms with E-state index in [2.05, 4.69) is 4.74 Å². The van der Waals surface area contributed by atoms with Gasteiger partial charge in [0.25, 0.3) is 0 Å². The maximum atomic E-state index is 12.0. The second kappa shape index (κ2) is 9.59. The number of ether oxygens (including phenoxy) is 2. The molecule has 5 heteroatoms. The molecule has 0 aliphatic heterocycles. The van der Waals surface area contributed by atoms with E-state index in [-0.39, 0.29) is 17.7 Å². The normalized spacial score (nSPS) is 14.1. The molecule has 0 heterocycles. The summed E-state index contributed by atoms with van der Waals surface area (Å²) in [6.07, 6.45) is 3.75. The van der Waals surface area contributed by atoms with Crippen LogP contribution in [0.1, 0.15) is 66.7 Å². The van der Waals surface area contributed by atoms with Crippen LogP contribution in [0.5, 0.6) is 0 Å². The van der Waals surface area contributed by atoms with Crippen LogP contribution in [0.25, 0.3) is 0 Å². The van der Waals surface area contributed by atoms with Crippen LogP contribution in [-0.2, 0) is 23.9 Å². The molecule has 0 spiro atoms. The van der Waals surface area contributed by atoms with Gasteiger partial charge in [0, 0.05) is 0 Å². The highest BCUT2D eigenvalue weighted by atomic mass is 16.6. The van der Waals surface area contributed by atoms with Gasteiger partial charge in [-0.1, -0.05) is 26.2 Å². The first-order valence-corrected chi connectivity index (χ1v) is 7.89. The van der Waals surface area contributed by atoms with Crippen molar-refractivity contribution in [3.05, 3.63) is 0 Å². The molecule has 0 aliphatic rings. The number of carbonyl (C=O) groups excluding carboxylic acids is 3. The average Bonchev–Trinajstić information content (AvgIpc) is 2.38. The van der Waals surface area contributed by atoms with Crippen molar-refractivity contribution in [1.29, 1.82) is 0 Å². The predicted octanol–water partition coefficient (Wildman–Crippen LogP) is 3.29. The topological polar surface area (TPSA) is 69.7 Å². The van der Waals surface area contributed by atoms with Gasteiger partial charge >= 0.3 is 11.9 Å². The summed E-state index contributed by atoms with van der Waals surface area (Å²) in [5.74, 6) is -1.59. The minimum absolute atomic E-state index is 0.112. The second-order valence-corrected chi connectivity index (χ2v) is 6.76. The number of carbonyl (C=O) groups is 3. The van der Waals surface area contributed by atoms with Gasteiger partial charge in [0.2, 0.25) is 0 Å². The first kappa shape index (κ1) is 20.6. The van der Waals surface area contributed by atoms with E-state index < -0.39 is 17.5 Å². The van der Waals surface area contributed by atoms with Crippen LogP contribution in [0.15, 0.2) is 0 Å². The molecule has 2 atom stereocenters. The summed E-state index contributed by atoms with van der Waals surface area (Å²) >= 11 is 0. The lowest BCUT2D eigenvalue weighted by Crippen LogP contribution is -2.31. The van der Waals surface area contributed by atoms with Gasteiger partial charge < -0.3 is 9.47 Å². The molecule has 128 valence electrons. The number of hydrogen-bond donors (Lipinski definition) is 0. The molecule has 0 N–H and O–H groups in total. The number of methoxy groups -OCH3 is 1. The molecule has 0 aromatic carbocycles. The molecule has 0 fully saturated rings. The van der Waals surface area contributed by atoms with E-state index in [1.165, 1.54) is 14.0 Å². The largest absolute Gasteiger partial charge is 0.469 e. The first-order chi connectivity index (χ1) is 10.1. The third kappa shape index (κ3) is 8.80. The Morgan fingerprint density at radius 2 is 1.50 bits per heavy atom. The lowest BCUT2D eigenvalue weighted by atomic mass is 9.95. The number of Topliss-reactive ketones (excluding diaryl/α,β-unsaturated/α-hetero) is 1. The highest BCUT2D eigenvalue weighted by molar-refractivity contribution is 5.97. The highest BCUT2D eigenvalue weighted by Crippen LogP contribution is 2.19. The summed E-state index contributed by atoms with van der Waals surface area (Å²) in [5, 5.41) is 0. The predicted molar refractivity (Wildman–Crippen MR) is 84.3 cm³/mol. The first-order valence-electron chi connectivity index (χ1n) is 7.89. The van der Waals surface area contributed by atoms with Gasteiger partial charge in [-0.05, 0) is 40.5 Å². The molecule has 0 rings (SSSR count). The minimum atomic E-state index is -0.683. The van der Waals surface area contributed by atoms with E-state index in [9.17, 15) is 14.4 Å². The molecular formula is C17H30O5. The van der Waals surface area contributed by atoms with Crippen LogP contribution in [0.2, 0.25) is 0 Å². The van der Waals surface area contributed by atoms with Gasteiger partial charge in [-0.2, -0.15) is 0 Å². The zero-order chi connectivity index (χ0) is 17.3. The Morgan fingerprint density at radius 3 is 1.95 bits per heavy atom. The summed E-state index contributed by atoms with van der Waals surface area (Å²) in [7, 11) is 1.39. The molecule has 0 amide bonds.